The molecule has 2 aromatic rings. The molecule has 162 valence electrons. The van der Waals surface area contributed by atoms with Gasteiger partial charge >= 0.3 is 6.09 Å². The van der Waals surface area contributed by atoms with Crippen molar-refractivity contribution in [3.05, 3.63) is 59.7 Å². The van der Waals surface area contributed by atoms with Crippen molar-refractivity contribution in [2.45, 2.75) is 18.9 Å². The predicted molar refractivity (Wildman–Crippen MR) is 114 cm³/mol. The van der Waals surface area contributed by atoms with Crippen molar-refractivity contribution in [1.82, 2.24) is 10.6 Å². The zero-order valence-electron chi connectivity index (χ0n) is 17.9. The van der Waals surface area contributed by atoms with E-state index >= 15 is 0 Å². The van der Waals surface area contributed by atoms with Gasteiger partial charge in [-0.2, -0.15) is 0 Å². The highest BCUT2D eigenvalue weighted by Crippen LogP contribution is 2.44. The molecule has 2 N–H and O–H groups in total. The molecule has 0 unspecified atom stereocenters. The maximum Gasteiger partial charge on any atom is 0.407 e. The van der Waals surface area contributed by atoms with Crippen molar-refractivity contribution in [2.24, 2.45) is 0 Å². The first-order valence-corrected chi connectivity index (χ1v) is 9.96. The van der Waals surface area contributed by atoms with Crippen LogP contribution in [0, 0.1) is 0 Å². The Morgan fingerprint density at radius 1 is 1.00 bits per heavy atom. The Kier molecular flexibility index (Phi) is 8.25. The van der Waals surface area contributed by atoms with Gasteiger partial charge in [-0.05, 0) is 29.2 Å². The number of halogens is 1. The summed E-state index contributed by atoms with van der Waals surface area (Å²) in [5.41, 5.74) is 4.68. The molecule has 0 aliphatic heterocycles. The van der Waals surface area contributed by atoms with Crippen molar-refractivity contribution < 1.29 is 42.8 Å². The van der Waals surface area contributed by atoms with Gasteiger partial charge in [0, 0.05) is 5.92 Å². The number of benzene rings is 2. The van der Waals surface area contributed by atoms with Crippen LogP contribution >= 0.6 is 0 Å². The minimum atomic E-state index is -0.655. The molecule has 0 bridgehead atoms. The first-order valence-electron chi connectivity index (χ1n) is 9.96. The second kappa shape index (κ2) is 10.3. The molecule has 2 aromatic carbocycles. The van der Waals surface area contributed by atoms with Crippen LogP contribution in [0.5, 0.6) is 0 Å². The number of nitrogens with zero attached hydrogens (tertiary/aromatic N) is 1. The second-order valence-electron chi connectivity index (χ2n) is 8.50. The zero-order chi connectivity index (χ0) is 21.0. The van der Waals surface area contributed by atoms with Crippen LogP contribution in [-0.2, 0) is 9.53 Å². The monoisotopic (exact) mass is 523 g/mol. The summed E-state index contributed by atoms with van der Waals surface area (Å²) >= 11 is 0. The first kappa shape index (κ1) is 24.1. The smallest absolute Gasteiger partial charge is 0.407 e. The van der Waals surface area contributed by atoms with E-state index < -0.39 is 12.1 Å². The largest absolute Gasteiger partial charge is 1.00 e. The summed E-state index contributed by atoms with van der Waals surface area (Å²) in [6.07, 6.45) is -0.582. The number of ether oxygens (including phenoxy) is 1. The Morgan fingerprint density at radius 2 is 1.53 bits per heavy atom. The Hall–Kier alpha value is -2.13. The van der Waals surface area contributed by atoms with Gasteiger partial charge < -0.3 is 43.8 Å². The molecule has 6 nitrogen and oxygen atoms in total. The highest BCUT2D eigenvalue weighted by Gasteiger charge is 2.29. The highest BCUT2D eigenvalue weighted by atomic mass is 127. The van der Waals surface area contributed by atoms with Gasteiger partial charge in [0.15, 0.2) is 0 Å². The maximum atomic E-state index is 12.3. The average molecular weight is 523 g/mol. The number of quaternary nitrogens is 1. The number of carbonyl (C=O) groups is 2. The van der Waals surface area contributed by atoms with E-state index in [1.165, 1.54) is 11.1 Å². The van der Waals surface area contributed by atoms with Crippen LogP contribution in [0.3, 0.4) is 0 Å². The summed E-state index contributed by atoms with van der Waals surface area (Å²) < 4.78 is 6.24. The van der Waals surface area contributed by atoms with E-state index in [1.807, 2.05) is 24.3 Å². The van der Waals surface area contributed by atoms with Gasteiger partial charge in [-0.3, -0.25) is 4.79 Å². The van der Waals surface area contributed by atoms with Crippen molar-refractivity contribution >= 4 is 12.0 Å². The number of alkyl carbamates (subject to hydrolysis) is 1. The lowest BCUT2D eigenvalue weighted by Gasteiger charge is -2.24. The van der Waals surface area contributed by atoms with Crippen LogP contribution in [-0.4, -0.2) is 63.4 Å². The number of hydrogen-bond acceptors (Lipinski definition) is 3. The Morgan fingerprint density at radius 3 is 2.07 bits per heavy atom. The molecule has 0 saturated heterocycles. The Bertz CT molecular complexity index is 850. The summed E-state index contributed by atoms with van der Waals surface area (Å²) in [7, 11) is 6.18. The summed E-state index contributed by atoms with van der Waals surface area (Å²) in [5.74, 6) is -0.214. The van der Waals surface area contributed by atoms with Crippen molar-refractivity contribution in [3.63, 3.8) is 0 Å². The molecular formula is C23H30IN3O3. The van der Waals surface area contributed by atoms with Crippen LogP contribution < -0.4 is 34.6 Å². The quantitative estimate of drug-likeness (QED) is 0.389. The lowest BCUT2D eigenvalue weighted by molar-refractivity contribution is -0.869. The SMILES string of the molecule is C[C@H](NC(=O)OCC1c2ccccc2-c2ccccc21)C(=O)NCC[N+](C)(C)C.[I-]. The topological polar surface area (TPSA) is 67.4 Å². The van der Waals surface area contributed by atoms with Crippen molar-refractivity contribution in [3.8, 4) is 11.1 Å². The van der Waals surface area contributed by atoms with Crippen molar-refractivity contribution in [1.29, 1.82) is 0 Å². The van der Waals surface area contributed by atoms with Gasteiger partial charge in [0.2, 0.25) is 5.91 Å². The highest BCUT2D eigenvalue weighted by molar-refractivity contribution is 5.85. The minimum absolute atomic E-state index is 0. The third-order valence-corrected chi connectivity index (χ3v) is 5.15. The van der Waals surface area contributed by atoms with E-state index in [0.717, 1.165) is 22.2 Å². The average Bonchev–Trinajstić information content (AvgIpc) is 2.99. The summed E-state index contributed by atoms with van der Waals surface area (Å²) in [4.78, 5) is 24.4. The van der Waals surface area contributed by atoms with Crippen LogP contribution in [0.4, 0.5) is 4.79 Å². The minimum Gasteiger partial charge on any atom is -1.00 e. The molecule has 30 heavy (non-hydrogen) atoms. The lowest BCUT2D eigenvalue weighted by Crippen LogP contribution is -3.00. The lowest BCUT2D eigenvalue weighted by atomic mass is 9.98. The number of rotatable bonds is 7. The van der Waals surface area contributed by atoms with Crippen LogP contribution in [0.2, 0.25) is 0 Å². The number of fused-ring (bicyclic) bond motifs is 3. The van der Waals surface area contributed by atoms with Gasteiger partial charge in [0.05, 0.1) is 34.2 Å². The predicted octanol–water partition coefficient (Wildman–Crippen LogP) is -0.260. The van der Waals surface area contributed by atoms with Gasteiger partial charge in [0.25, 0.3) is 0 Å². The van der Waals surface area contributed by atoms with Gasteiger partial charge in [0.1, 0.15) is 12.6 Å². The molecule has 1 aliphatic carbocycles. The number of likely N-dealkylation sites (N-methyl/N-ethyl adjacent to an activating group) is 1. The normalized spacial score (nSPS) is 13.5. The van der Waals surface area contributed by atoms with E-state index in [1.54, 1.807) is 6.92 Å². The zero-order valence-corrected chi connectivity index (χ0v) is 20.1. The van der Waals surface area contributed by atoms with E-state index in [-0.39, 0.29) is 42.4 Å². The Labute approximate surface area is 195 Å². The van der Waals surface area contributed by atoms with E-state index in [2.05, 4.69) is 56.0 Å². The van der Waals surface area contributed by atoms with Crippen molar-refractivity contribution in [2.75, 3.05) is 40.8 Å². The third kappa shape index (κ3) is 5.95. The molecule has 3 rings (SSSR count). The molecule has 2 amide bonds. The van der Waals surface area contributed by atoms with E-state index in [0.29, 0.717) is 6.54 Å². The molecule has 7 heteroatoms. The van der Waals surface area contributed by atoms with E-state index in [4.69, 9.17) is 4.74 Å². The van der Waals surface area contributed by atoms with Gasteiger partial charge in [-0.25, -0.2) is 4.79 Å². The molecule has 0 radical (unpaired) electrons. The molecule has 0 fully saturated rings. The molecular weight excluding hydrogens is 493 g/mol. The number of amides is 2. The van der Waals surface area contributed by atoms with Gasteiger partial charge in [-0.15, -0.1) is 0 Å². The third-order valence-electron chi connectivity index (χ3n) is 5.15. The number of nitrogens with one attached hydrogen (secondary N) is 2. The molecule has 0 heterocycles. The fourth-order valence-electron chi connectivity index (χ4n) is 3.55. The summed E-state index contributed by atoms with van der Waals surface area (Å²) in [6, 6.07) is 15.7. The molecule has 1 atom stereocenters. The first-order chi connectivity index (χ1) is 13.8. The van der Waals surface area contributed by atoms with E-state index in [9.17, 15) is 9.59 Å². The fraction of sp³-hybridized carbons (Fsp3) is 0.391. The molecule has 0 spiro atoms. The standard InChI is InChI=1S/C23H29N3O3.HI/c1-16(22(27)24-13-14-26(2,3)4)25-23(28)29-15-21-19-11-7-5-9-17(19)18-10-6-8-12-20(18)21;/h5-12,16,21H,13-15H2,1-4H3,(H-,24,25,27,28);1H/t16-;/m0./s1. The maximum absolute atomic E-state index is 12.3. The van der Waals surface area contributed by atoms with Gasteiger partial charge in [-0.1, -0.05) is 48.5 Å². The number of carbonyl (C=O) groups excluding carboxylic acids is 2. The summed E-state index contributed by atoms with van der Waals surface area (Å²) in [6.45, 7) is 3.25. The molecule has 0 saturated carbocycles. The second-order valence-corrected chi connectivity index (χ2v) is 8.50. The summed E-state index contributed by atoms with van der Waals surface area (Å²) in [5, 5.41) is 5.46. The number of hydrogen-bond donors (Lipinski definition) is 2. The fourth-order valence-corrected chi connectivity index (χ4v) is 3.55. The molecule has 1 aliphatic rings. The van der Waals surface area contributed by atoms with Crippen LogP contribution in [0.15, 0.2) is 48.5 Å². The Balaban J connectivity index is 0.00000320. The molecule has 0 aromatic heterocycles. The van der Waals surface area contributed by atoms with Crippen LogP contribution in [0.1, 0.15) is 24.0 Å². The van der Waals surface area contributed by atoms with Crippen LogP contribution in [0.25, 0.3) is 11.1 Å².